The van der Waals surface area contributed by atoms with Gasteiger partial charge < -0.3 is 14.2 Å². The van der Waals surface area contributed by atoms with E-state index in [2.05, 4.69) is 20.8 Å². The molecule has 0 N–H and O–H groups in total. The van der Waals surface area contributed by atoms with Crippen molar-refractivity contribution in [2.45, 2.75) is 354 Å². The average Bonchev–Trinajstić information content (AvgIpc) is 3.31. The summed E-state index contributed by atoms with van der Waals surface area (Å²) >= 11 is 0. The summed E-state index contributed by atoms with van der Waals surface area (Å²) in [6.07, 6.45) is 62.7. The number of rotatable bonds is 56. The Labute approximate surface area is 412 Å². The third kappa shape index (κ3) is 53.4. The van der Waals surface area contributed by atoms with Gasteiger partial charge in [-0.05, 0) is 19.3 Å². The first-order valence-corrected chi connectivity index (χ1v) is 30.0. The van der Waals surface area contributed by atoms with Crippen LogP contribution in [0.5, 0.6) is 0 Å². The molecule has 0 aromatic heterocycles. The lowest BCUT2D eigenvalue weighted by Gasteiger charge is -2.18. The molecule has 0 fully saturated rings. The van der Waals surface area contributed by atoms with Crippen LogP contribution in [0.2, 0.25) is 0 Å². The van der Waals surface area contributed by atoms with Crippen molar-refractivity contribution < 1.29 is 28.6 Å². The zero-order valence-electron chi connectivity index (χ0n) is 45.0. The molecule has 0 rings (SSSR count). The minimum Gasteiger partial charge on any atom is -0.462 e. The first-order valence-electron chi connectivity index (χ1n) is 30.0. The fraction of sp³-hybridized carbons (Fsp3) is 0.950. The lowest BCUT2D eigenvalue weighted by molar-refractivity contribution is -0.167. The van der Waals surface area contributed by atoms with Crippen LogP contribution in [0.1, 0.15) is 348 Å². The Balaban J connectivity index is 4.09. The lowest BCUT2D eigenvalue weighted by atomic mass is 10.0. The third-order valence-corrected chi connectivity index (χ3v) is 13.9. The highest BCUT2D eigenvalue weighted by Gasteiger charge is 2.19. The molecule has 0 spiro atoms. The molecule has 0 saturated heterocycles. The van der Waals surface area contributed by atoms with Gasteiger partial charge in [-0.1, -0.05) is 310 Å². The van der Waals surface area contributed by atoms with E-state index in [4.69, 9.17) is 14.2 Å². The van der Waals surface area contributed by atoms with Crippen molar-refractivity contribution in [3.63, 3.8) is 0 Å². The van der Waals surface area contributed by atoms with Crippen LogP contribution in [0.3, 0.4) is 0 Å². The number of hydrogen-bond donors (Lipinski definition) is 0. The van der Waals surface area contributed by atoms with Gasteiger partial charge in [0.25, 0.3) is 0 Å². The van der Waals surface area contributed by atoms with Crippen LogP contribution >= 0.6 is 0 Å². The molecule has 66 heavy (non-hydrogen) atoms. The molecule has 0 aliphatic heterocycles. The molecule has 6 heteroatoms. The smallest absolute Gasteiger partial charge is 0.306 e. The second-order valence-electron chi connectivity index (χ2n) is 20.6. The molecule has 0 radical (unpaired) electrons. The maximum atomic E-state index is 12.8. The van der Waals surface area contributed by atoms with Crippen molar-refractivity contribution in [3.8, 4) is 0 Å². The molecular formula is C60H116O6. The molecule has 0 aliphatic carbocycles. The molecule has 0 aromatic carbocycles. The van der Waals surface area contributed by atoms with Gasteiger partial charge in [0.2, 0.25) is 0 Å². The third-order valence-electron chi connectivity index (χ3n) is 13.9. The molecule has 392 valence electrons. The average molecular weight is 934 g/mol. The van der Waals surface area contributed by atoms with Gasteiger partial charge >= 0.3 is 17.9 Å². The number of carbonyl (C=O) groups excluding carboxylic acids is 3. The van der Waals surface area contributed by atoms with Gasteiger partial charge in [-0.15, -0.1) is 0 Å². The second-order valence-corrected chi connectivity index (χ2v) is 20.6. The molecule has 0 bridgehead atoms. The van der Waals surface area contributed by atoms with E-state index in [0.717, 1.165) is 57.8 Å². The normalized spacial score (nSPS) is 11.9. The molecular weight excluding hydrogens is 817 g/mol. The molecule has 6 nitrogen and oxygen atoms in total. The van der Waals surface area contributed by atoms with Crippen LogP contribution in [0.4, 0.5) is 0 Å². The lowest BCUT2D eigenvalue weighted by Crippen LogP contribution is -2.30. The van der Waals surface area contributed by atoms with Crippen molar-refractivity contribution in [1.29, 1.82) is 0 Å². The Hall–Kier alpha value is -1.59. The van der Waals surface area contributed by atoms with E-state index in [0.29, 0.717) is 19.3 Å². The highest BCUT2D eigenvalue weighted by Crippen LogP contribution is 2.18. The van der Waals surface area contributed by atoms with E-state index in [1.165, 1.54) is 250 Å². The Morgan fingerprint density at radius 3 is 0.606 bits per heavy atom. The minimum absolute atomic E-state index is 0.0615. The van der Waals surface area contributed by atoms with Crippen LogP contribution in [0, 0.1) is 0 Å². The maximum absolute atomic E-state index is 12.8. The largest absolute Gasteiger partial charge is 0.462 e. The fourth-order valence-electron chi connectivity index (χ4n) is 9.33. The van der Waals surface area contributed by atoms with Crippen LogP contribution in [0.25, 0.3) is 0 Å². The van der Waals surface area contributed by atoms with Gasteiger partial charge in [-0.3, -0.25) is 14.4 Å². The summed E-state index contributed by atoms with van der Waals surface area (Å²) in [5, 5.41) is 0. The minimum atomic E-state index is -0.760. The highest BCUT2D eigenvalue weighted by molar-refractivity contribution is 5.71. The predicted molar refractivity (Wildman–Crippen MR) is 284 cm³/mol. The summed E-state index contributed by atoms with van der Waals surface area (Å²) in [5.74, 6) is -0.838. The van der Waals surface area contributed by atoms with Crippen molar-refractivity contribution >= 4 is 17.9 Å². The zero-order chi connectivity index (χ0) is 47.9. The number of carbonyl (C=O) groups is 3. The van der Waals surface area contributed by atoms with Crippen LogP contribution in [-0.2, 0) is 28.6 Å². The number of ether oxygens (including phenoxy) is 3. The van der Waals surface area contributed by atoms with Gasteiger partial charge in [-0.25, -0.2) is 0 Å². The quantitative estimate of drug-likeness (QED) is 0.0343. The summed E-state index contributed by atoms with van der Waals surface area (Å²) in [7, 11) is 0. The van der Waals surface area contributed by atoms with Crippen LogP contribution < -0.4 is 0 Å². The molecule has 1 unspecified atom stereocenters. The summed E-state index contributed by atoms with van der Waals surface area (Å²) in [4.78, 5) is 38.0. The standard InChI is InChI=1S/C60H116O6/c1-4-7-10-13-16-19-21-23-25-27-28-29-30-31-32-33-34-36-37-39-41-44-47-50-53-59(62)65-56-57(55-64-58(61)52-49-46-43-18-15-12-9-6-3)66-60(63)54-51-48-45-42-40-38-35-26-24-22-20-17-14-11-8-5-2/h57H,4-56H2,1-3H3. The van der Waals surface area contributed by atoms with E-state index >= 15 is 0 Å². The number of esters is 3. The van der Waals surface area contributed by atoms with E-state index in [9.17, 15) is 14.4 Å². The Bertz CT molecular complexity index is 982. The van der Waals surface area contributed by atoms with Crippen molar-refractivity contribution in [3.05, 3.63) is 0 Å². The predicted octanol–water partition coefficient (Wildman–Crippen LogP) is 19.9. The Morgan fingerprint density at radius 2 is 0.409 bits per heavy atom. The Morgan fingerprint density at radius 1 is 0.242 bits per heavy atom. The van der Waals surface area contributed by atoms with E-state index in [-0.39, 0.29) is 31.1 Å². The summed E-state index contributed by atoms with van der Waals surface area (Å²) in [5.41, 5.74) is 0. The molecule has 0 heterocycles. The summed E-state index contributed by atoms with van der Waals surface area (Å²) in [6.45, 7) is 6.68. The second kappa shape index (κ2) is 56.0. The van der Waals surface area contributed by atoms with Gasteiger partial charge in [0.15, 0.2) is 6.10 Å². The topological polar surface area (TPSA) is 78.9 Å². The van der Waals surface area contributed by atoms with Crippen molar-refractivity contribution in [2.24, 2.45) is 0 Å². The summed E-state index contributed by atoms with van der Waals surface area (Å²) < 4.78 is 16.8. The van der Waals surface area contributed by atoms with Crippen molar-refractivity contribution in [1.82, 2.24) is 0 Å². The van der Waals surface area contributed by atoms with Crippen LogP contribution in [-0.4, -0.2) is 37.2 Å². The van der Waals surface area contributed by atoms with Gasteiger partial charge in [0, 0.05) is 19.3 Å². The number of unbranched alkanes of at least 4 members (excludes halogenated alkanes) is 45. The molecule has 1 atom stereocenters. The highest BCUT2D eigenvalue weighted by atomic mass is 16.6. The molecule has 0 aliphatic rings. The van der Waals surface area contributed by atoms with Crippen LogP contribution in [0.15, 0.2) is 0 Å². The zero-order valence-corrected chi connectivity index (χ0v) is 45.0. The number of hydrogen-bond acceptors (Lipinski definition) is 6. The van der Waals surface area contributed by atoms with E-state index in [1.54, 1.807) is 0 Å². The first kappa shape index (κ1) is 64.4. The van der Waals surface area contributed by atoms with Gasteiger partial charge in [0.05, 0.1) is 0 Å². The fourth-order valence-corrected chi connectivity index (χ4v) is 9.33. The monoisotopic (exact) mass is 933 g/mol. The first-order chi connectivity index (χ1) is 32.5. The summed E-state index contributed by atoms with van der Waals surface area (Å²) in [6, 6.07) is 0. The maximum Gasteiger partial charge on any atom is 0.306 e. The Kier molecular flexibility index (Phi) is 54.7. The van der Waals surface area contributed by atoms with E-state index in [1.807, 2.05) is 0 Å². The van der Waals surface area contributed by atoms with Gasteiger partial charge in [0.1, 0.15) is 13.2 Å². The SMILES string of the molecule is CCCCCCCCCCCCCCCCCCCCCCCCCCC(=O)OCC(COC(=O)CCCCCCCCCC)OC(=O)CCCCCCCCCCCCCCCCCC. The molecule has 0 amide bonds. The molecule has 0 aromatic rings. The molecule has 0 saturated carbocycles. The van der Waals surface area contributed by atoms with E-state index < -0.39 is 6.10 Å². The van der Waals surface area contributed by atoms with Gasteiger partial charge in [-0.2, -0.15) is 0 Å². The van der Waals surface area contributed by atoms with Crippen molar-refractivity contribution in [2.75, 3.05) is 13.2 Å².